The fourth-order valence-electron chi connectivity index (χ4n) is 4.41. The second kappa shape index (κ2) is 6.15. The summed E-state index contributed by atoms with van der Waals surface area (Å²) in [6, 6.07) is 2.04. The van der Waals surface area contributed by atoms with Crippen molar-refractivity contribution < 1.29 is 10.2 Å². The number of aliphatic hydroxyl groups excluding tert-OH is 1. The summed E-state index contributed by atoms with van der Waals surface area (Å²) in [4.78, 5) is 13.3. The zero-order valence-corrected chi connectivity index (χ0v) is 14.4. The minimum Gasteiger partial charge on any atom is -0.393 e. The SMILES string of the molecule is C[C@@H]1CN(c2cc(N3CCC(O)CC3)ncn2)C[C@@]1(O)C1CCC1. The molecule has 2 atom stereocenters. The Kier molecular flexibility index (Phi) is 4.12. The minimum absolute atomic E-state index is 0.181. The van der Waals surface area contributed by atoms with Gasteiger partial charge in [0.1, 0.15) is 18.0 Å². The monoisotopic (exact) mass is 332 g/mol. The van der Waals surface area contributed by atoms with Crippen LogP contribution in [0.15, 0.2) is 12.4 Å². The maximum atomic E-state index is 11.1. The molecule has 0 spiro atoms. The van der Waals surface area contributed by atoms with Crippen LogP contribution in [0.2, 0.25) is 0 Å². The molecule has 1 aromatic heterocycles. The third-order valence-corrected chi connectivity index (χ3v) is 6.35. The van der Waals surface area contributed by atoms with Gasteiger partial charge < -0.3 is 20.0 Å². The van der Waals surface area contributed by atoms with Crippen molar-refractivity contribution in [3.8, 4) is 0 Å². The molecule has 4 rings (SSSR count). The Morgan fingerprint density at radius 2 is 1.75 bits per heavy atom. The van der Waals surface area contributed by atoms with Crippen molar-refractivity contribution in [1.29, 1.82) is 0 Å². The molecular weight excluding hydrogens is 304 g/mol. The predicted octanol–water partition coefficient (Wildman–Crippen LogP) is 1.42. The van der Waals surface area contributed by atoms with Crippen molar-refractivity contribution in [3.63, 3.8) is 0 Å². The lowest BCUT2D eigenvalue weighted by Gasteiger charge is -2.41. The van der Waals surface area contributed by atoms with Crippen LogP contribution in [-0.4, -0.2) is 58.1 Å². The first-order chi connectivity index (χ1) is 11.6. The van der Waals surface area contributed by atoms with Gasteiger partial charge in [0, 0.05) is 38.2 Å². The number of β-amino-alcohol motifs (C(OH)–C–C–N with tert-alkyl or cyclic N) is 1. The Hall–Kier alpha value is -1.40. The molecule has 24 heavy (non-hydrogen) atoms. The number of rotatable bonds is 3. The van der Waals surface area contributed by atoms with Gasteiger partial charge in [-0.1, -0.05) is 13.3 Å². The molecule has 1 aromatic rings. The molecule has 3 aliphatic rings. The second-order valence-corrected chi connectivity index (χ2v) is 7.85. The van der Waals surface area contributed by atoms with Gasteiger partial charge in [-0.2, -0.15) is 0 Å². The smallest absolute Gasteiger partial charge is 0.134 e. The van der Waals surface area contributed by atoms with Crippen molar-refractivity contribution in [2.45, 2.75) is 50.7 Å². The quantitative estimate of drug-likeness (QED) is 0.872. The van der Waals surface area contributed by atoms with Gasteiger partial charge in [0.15, 0.2) is 0 Å². The fraction of sp³-hybridized carbons (Fsp3) is 0.778. The highest BCUT2D eigenvalue weighted by atomic mass is 16.3. The minimum atomic E-state index is -0.571. The van der Waals surface area contributed by atoms with Crippen molar-refractivity contribution in [2.24, 2.45) is 11.8 Å². The van der Waals surface area contributed by atoms with Gasteiger partial charge in [-0.3, -0.25) is 0 Å². The van der Waals surface area contributed by atoms with Gasteiger partial charge in [0.2, 0.25) is 0 Å². The van der Waals surface area contributed by atoms with Crippen LogP contribution in [0.1, 0.15) is 39.0 Å². The molecule has 6 heteroatoms. The van der Waals surface area contributed by atoms with E-state index in [-0.39, 0.29) is 12.0 Å². The van der Waals surface area contributed by atoms with Crippen LogP contribution in [0.25, 0.3) is 0 Å². The van der Waals surface area contributed by atoms with Crippen molar-refractivity contribution in [3.05, 3.63) is 12.4 Å². The summed E-state index contributed by atoms with van der Waals surface area (Å²) in [7, 11) is 0. The zero-order chi connectivity index (χ0) is 16.7. The van der Waals surface area contributed by atoms with Gasteiger partial charge in [0.05, 0.1) is 11.7 Å². The van der Waals surface area contributed by atoms with E-state index in [9.17, 15) is 10.2 Å². The molecule has 0 unspecified atom stereocenters. The Morgan fingerprint density at radius 3 is 2.38 bits per heavy atom. The van der Waals surface area contributed by atoms with E-state index in [2.05, 4.69) is 26.7 Å². The molecule has 2 N–H and O–H groups in total. The number of piperidine rings is 1. The van der Waals surface area contributed by atoms with E-state index in [1.807, 2.05) is 6.07 Å². The number of aliphatic hydroxyl groups is 2. The topological polar surface area (TPSA) is 72.7 Å². The number of aromatic nitrogens is 2. The van der Waals surface area contributed by atoms with Gasteiger partial charge in [-0.05, 0) is 31.6 Å². The van der Waals surface area contributed by atoms with Gasteiger partial charge in [-0.15, -0.1) is 0 Å². The summed E-state index contributed by atoms with van der Waals surface area (Å²) >= 11 is 0. The van der Waals surface area contributed by atoms with Crippen LogP contribution in [-0.2, 0) is 0 Å². The van der Waals surface area contributed by atoms with Crippen molar-refractivity contribution in [1.82, 2.24) is 9.97 Å². The number of hydrogen-bond acceptors (Lipinski definition) is 6. The molecular formula is C18H28N4O2. The van der Waals surface area contributed by atoms with Crippen LogP contribution < -0.4 is 9.80 Å². The molecule has 3 heterocycles. The summed E-state index contributed by atoms with van der Waals surface area (Å²) in [6.07, 6.45) is 6.58. The third-order valence-electron chi connectivity index (χ3n) is 6.35. The molecule has 6 nitrogen and oxygen atoms in total. The third kappa shape index (κ3) is 2.75. The first-order valence-corrected chi connectivity index (χ1v) is 9.28. The molecule has 0 aromatic carbocycles. The first-order valence-electron chi connectivity index (χ1n) is 9.28. The maximum Gasteiger partial charge on any atom is 0.134 e. The molecule has 3 fully saturated rings. The highest BCUT2D eigenvalue weighted by Gasteiger charge is 2.50. The van der Waals surface area contributed by atoms with Crippen molar-refractivity contribution in [2.75, 3.05) is 36.0 Å². The standard InChI is InChI=1S/C18H28N4O2/c1-13-10-22(11-18(13,24)14-3-2-4-14)17-9-16(19-12-20-17)21-7-5-15(23)6-8-21/h9,12-15,23-24H,2-8,10-11H2,1H3/t13-,18+/m1/s1. The number of anilines is 2. The van der Waals surface area contributed by atoms with E-state index < -0.39 is 5.60 Å². The average molecular weight is 332 g/mol. The molecule has 0 bridgehead atoms. The van der Waals surface area contributed by atoms with E-state index in [1.165, 1.54) is 6.42 Å². The highest BCUT2D eigenvalue weighted by molar-refractivity contribution is 5.51. The number of hydrogen-bond donors (Lipinski definition) is 2. The van der Waals surface area contributed by atoms with Crippen LogP contribution in [0, 0.1) is 11.8 Å². The van der Waals surface area contributed by atoms with Crippen molar-refractivity contribution >= 4 is 11.6 Å². The lowest BCUT2D eigenvalue weighted by Crippen LogP contribution is -2.47. The van der Waals surface area contributed by atoms with Gasteiger partial charge in [0.25, 0.3) is 0 Å². The van der Waals surface area contributed by atoms with E-state index >= 15 is 0 Å². The van der Waals surface area contributed by atoms with Crippen LogP contribution in [0.4, 0.5) is 11.6 Å². The molecule has 1 aliphatic carbocycles. The van der Waals surface area contributed by atoms with Gasteiger partial charge in [-0.25, -0.2) is 9.97 Å². The summed E-state index contributed by atoms with van der Waals surface area (Å²) in [5, 5.41) is 20.8. The molecule has 2 aliphatic heterocycles. The molecule has 2 saturated heterocycles. The van der Waals surface area contributed by atoms with Gasteiger partial charge >= 0.3 is 0 Å². The molecule has 1 saturated carbocycles. The maximum absolute atomic E-state index is 11.1. The van der Waals surface area contributed by atoms with E-state index in [0.717, 1.165) is 57.0 Å². The Morgan fingerprint density at radius 1 is 1.08 bits per heavy atom. The first kappa shape index (κ1) is 16.1. The highest BCUT2D eigenvalue weighted by Crippen LogP contribution is 2.44. The summed E-state index contributed by atoms with van der Waals surface area (Å²) in [6.45, 7) is 5.35. The van der Waals surface area contributed by atoms with E-state index in [0.29, 0.717) is 12.5 Å². The average Bonchev–Trinajstić information content (AvgIpc) is 2.82. The van der Waals surface area contributed by atoms with E-state index in [4.69, 9.17) is 0 Å². The Labute approximate surface area is 143 Å². The molecule has 132 valence electrons. The second-order valence-electron chi connectivity index (χ2n) is 7.85. The summed E-state index contributed by atoms with van der Waals surface area (Å²) in [5.41, 5.74) is -0.571. The molecule has 0 amide bonds. The van der Waals surface area contributed by atoms with Crippen LogP contribution >= 0.6 is 0 Å². The fourth-order valence-corrected chi connectivity index (χ4v) is 4.41. The number of nitrogens with zero attached hydrogens (tertiary/aromatic N) is 4. The lowest BCUT2D eigenvalue weighted by molar-refractivity contribution is -0.0615. The Bertz CT molecular complexity index is 586. The Balaban J connectivity index is 1.50. The summed E-state index contributed by atoms with van der Waals surface area (Å²) < 4.78 is 0. The molecule has 0 radical (unpaired) electrons. The largest absolute Gasteiger partial charge is 0.393 e. The predicted molar refractivity (Wildman–Crippen MR) is 93.2 cm³/mol. The van der Waals surface area contributed by atoms with E-state index in [1.54, 1.807) is 6.33 Å². The normalized spacial score (nSPS) is 32.2. The van der Waals surface area contributed by atoms with Crippen LogP contribution in [0.5, 0.6) is 0 Å². The van der Waals surface area contributed by atoms with Crippen LogP contribution in [0.3, 0.4) is 0 Å². The summed E-state index contributed by atoms with van der Waals surface area (Å²) in [5.74, 6) is 2.56. The zero-order valence-electron chi connectivity index (χ0n) is 14.4. The lowest BCUT2D eigenvalue weighted by atomic mass is 9.69.